The number of nitrogens with zero attached hydrogens (tertiary/aromatic N) is 3. The molecule has 0 unspecified atom stereocenters. The van der Waals surface area contributed by atoms with Crippen LogP contribution in [0, 0.1) is 0 Å². The van der Waals surface area contributed by atoms with Gasteiger partial charge in [0.15, 0.2) is 5.69 Å². The molecule has 0 saturated heterocycles. The van der Waals surface area contributed by atoms with Gasteiger partial charge in [0, 0.05) is 23.2 Å². The first-order valence-electron chi connectivity index (χ1n) is 9.16. The number of aromatic nitrogens is 2. The van der Waals surface area contributed by atoms with E-state index in [-0.39, 0.29) is 10.6 Å². The molecule has 0 spiro atoms. The molecule has 0 fully saturated rings. The number of fused-ring (bicyclic) bond motifs is 3. The lowest BCUT2D eigenvalue weighted by Crippen LogP contribution is -2.24. The summed E-state index contributed by atoms with van der Waals surface area (Å²) in [6.07, 6.45) is 3.29. The first-order chi connectivity index (χ1) is 14.0. The van der Waals surface area contributed by atoms with E-state index in [1.807, 2.05) is 6.92 Å². The smallest absolute Gasteiger partial charge is 0.276 e. The van der Waals surface area contributed by atoms with Crippen molar-refractivity contribution < 1.29 is 13.2 Å². The van der Waals surface area contributed by atoms with Crippen LogP contribution < -0.4 is 15.5 Å². The standard InChI is InChI=1S/C19H19N6O3S/c1-2-3-10-21-29(27,28)13-6-4-12(5-7-13)22-19(26)18-14-8-9-16-15(11-20-23-16)17(14)24-25-18/h4-9,11,21H,2-3,10H2,1H3,(H,22,26)(H,24,25). The zero-order valence-electron chi connectivity index (χ0n) is 15.6. The first kappa shape index (κ1) is 19.1. The number of anilines is 1. The van der Waals surface area contributed by atoms with Crippen LogP contribution in [0.3, 0.4) is 0 Å². The third kappa shape index (κ3) is 3.71. The van der Waals surface area contributed by atoms with Crippen molar-refractivity contribution in [2.75, 3.05) is 11.9 Å². The maximum Gasteiger partial charge on any atom is 0.276 e. The van der Waals surface area contributed by atoms with Crippen LogP contribution in [0.15, 0.2) is 46.4 Å². The Kier molecular flexibility index (Phi) is 5.03. The first-order valence-corrected chi connectivity index (χ1v) is 10.6. The quantitative estimate of drug-likeness (QED) is 0.516. The Morgan fingerprint density at radius 1 is 1.14 bits per heavy atom. The molecule has 1 aliphatic heterocycles. The normalized spacial score (nSPS) is 12.7. The van der Waals surface area contributed by atoms with Crippen molar-refractivity contribution in [2.24, 2.45) is 5.10 Å². The number of benzene rings is 2. The van der Waals surface area contributed by atoms with Crippen molar-refractivity contribution in [1.29, 1.82) is 0 Å². The van der Waals surface area contributed by atoms with Crippen molar-refractivity contribution in [1.82, 2.24) is 20.3 Å². The monoisotopic (exact) mass is 411 g/mol. The van der Waals surface area contributed by atoms with Gasteiger partial charge in [0.1, 0.15) is 0 Å². The highest BCUT2D eigenvalue weighted by molar-refractivity contribution is 7.89. The minimum atomic E-state index is -3.56. The average molecular weight is 411 g/mol. The second-order valence-electron chi connectivity index (χ2n) is 6.57. The topological polar surface area (TPSA) is 130 Å². The molecule has 1 amide bonds. The highest BCUT2D eigenvalue weighted by atomic mass is 32.2. The molecule has 1 aromatic heterocycles. The summed E-state index contributed by atoms with van der Waals surface area (Å²) in [5.41, 5.74) is 6.90. The van der Waals surface area contributed by atoms with Crippen molar-refractivity contribution in [3.05, 3.63) is 47.7 Å². The van der Waals surface area contributed by atoms with Gasteiger partial charge in [-0.3, -0.25) is 9.89 Å². The van der Waals surface area contributed by atoms with Crippen LogP contribution in [0.5, 0.6) is 0 Å². The summed E-state index contributed by atoms with van der Waals surface area (Å²) in [7, 11) is -3.56. The number of carbonyl (C=O) groups excluding carboxylic acids is 1. The van der Waals surface area contributed by atoms with Gasteiger partial charge in [0.2, 0.25) is 10.0 Å². The fourth-order valence-electron chi connectivity index (χ4n) is 3.01. The second kappa shape index (κ2) is 7.64. The van der Waals surface area contributed by atoms with Crippen molar-refractivity contribution in [3.63, 3.8) is 0 Å². The highest BCUT2D eigenvalue weighted by Crippen LogP contribution is 2.28. The summed E-state index contributed by atoms with van der Waals surface area (Å²) in [4.78, 5) is 12.8. The molecule has 2 aromatic carbocycles. The Morgan fingerprint density at radius 3 is 2.69 bits per heavy atom. The molecule has 4 rings (SSSR count). The molecule has 9 nitrogen and oxygen atoms in total. The molecular weight excluding hydrogens is 392 g/mol. The third-order valence-electron chi connectivity index (χ3n) is 4.57. The summed E-state index contributed by atoms with van der Waals surface area (Å²) in [5, 5.41) is 14.3. The number of unbranched alkanes of at least 4 members (excludes halogenated alkanes) is 1. The number of rotatable bonds is 7. The molecule has 0 saturated carbocycles. The Balaban J connectivity index is 1.51. The van der Waals surface area contributed by atoms with Gasteiger partial charge < -0.3 is 5.32 Å². The Bertz CT molecular complexity index is 1200. The molecule has 3 N–H and O–H groups in total. The predicted octanol–water partition coefficient (Wildman–Crippen LogP) is 2.48. The molecule has 3 aromatic rings. The van der Waals surface area contributed by atoms with Crippen molar-refractivity contribution in [2.45, 2.75) is 24.7 Å². The number of aromatic amines is 1. The summed E-state index contributed by atoms with van der Waals surface area (Å²) in [5.74, 6) is -0.403. The maximum absolute atomic E-state index is 12.7. The summed E-state index contributed by atoms with van der Waals surface area (Å²) >= 11 is 0. The Morgan fingerprint density at radius 2 is 1.93 bits per heavy atom. The minimum absolute atomic E-state index is 0.149. The number of carbonyl (C=O) groups is 1. The van der Waals surface area contributed by atoms with Crippen LogP contribution in [0.25, 0.3) is 10.9 Å². The van der Waals surface area contributed by atoms with E-state index >= 15 is 0 Å². The molecule has 10 heteroatoms. The van der Waals surface area contributed by atoms with E-state index in [2.05, 4.69) is 30.8 Å². The molecule has 0 aliphatic carbocycles. The van der Waals surface area contributed by atoms with Crippen LogP contribution in [-0.2, 0) is 10.0 Å². The van der Waals surface area contributed by atoms with Gasteiger partial charge in [0.05, 0.1) is 22.3 Å². The van der Waals surface area contributed by atoms with Gasteiger partial charge in [-0.1, -0.05) is 13.3 Å². The number of hydrogen-bond acceptors (Lipinski definition) is 5. The molecular formula is C19H19N6O3S. The predicted molar refractivity (Wildman–Crippen MR) is 110 cm³/mol. The zero-order valence-corrected chi connectivity index (χ0v) is 16.5. The van der Waals surface area contributed by atoms with Gasteiger partial charge in [-0.25, -0.2) is 13.1 Å². The van der Waals surface area contributed by atoms with E-state index in [4.69, 9.17) is 0 Å². The fraction of sp³-hybridized carbons (Fsp3) is 0.211. The number of nitrogens with one attached hydrogen (secondary N) is 3. The lowest BCUT2D eigenvalue weighted by atomic mass is 10.1. The van der Waals surface area contributed by atoms with Crippen LogP contribution in [0.4, 0.5) is 11.4 Å². The SMILES string of the molecule is CCCCNS(=O)(=O)c1ccc(NC(=O)c2n[nH]c3c4c(ccc23)[N]N=C4)cc1. The Hall–Kier alpha value is -3.24. The number of H-pyrrole nitrogens is 1. The molecule has 0 atom stereocenters. The summed E-state index contributed by atoms with van der Waals surface area (Å²) < 4.78 is 27.0. The van der Waals surface area contributed by atoms with Crippen molar-refractivity contribution >= 4 is 44.4 Å². The van der Waals surface area contributed by atoms with E-state index in [1.54, 1.807) is 30.5 Å². The van der Waals surface area contributed by atoms with Crippen LogP contribution >= 0.6 is 0 Å². The van der Waals surface area contributed by atoms with Gasteiger partial charge in [-0.15, -0.1) is 0 Å². The van der Waals surface area contributed by atoms with Gasteiger partial charge in [0.25, 0.3) is 5.91 Å². The average Bonchev–Trinajstić information content (AvgIpc) is 3.35. The number of sulfonamides is 1. The lowest BCUT2D eigenvalue weighted by Gasteiger charge is -2.08. The van der Waals surface area contributed by atoms with Crippen molar-refractivity contribution in [3.8, 4) is 0 Å². The van der Waals surface area contributed by atoms with Crippen LogP contribution in [0.1, 0.15) is 35.8 Å². The summed E-state index contributed by atoms with van der Waals surface area (Å²) in [6, 6.07) is 9.55. The van der Waals surface area contributed by atoms with E-state index in [0.29, 0.717) is 23.1 Å². The molecule has 1 aliphatic rings. The summed E-state index contributed by atoms with van der Waals surface area (Å²) in [6.45, 7) is 2.38. The number of amides is 1. The van der Waals surface area contributed by atoms with Crippen LogP contribution in [-0.4, -0.2) is 37.3 Å². The van der Waals surface area contributed by atoms with E-state index in [1.165, 1.54) is 12.1 Å². The molecule has 0 bridgehead atoms. The van der Waals surface area contributed by atoms with Gasteiger partial charge in [-0.05, 0) is 42.8 Å². The fourth-order valence-corrected chi connectivity index (χ4v) is 4.09. The van der Waals surface area contributed by atoms with E-state index in [0.717, 1.165) is 24.1 Å². The molecule has 149 valence electrons. The van der Waals surface area contributed by atoms with Gasteiger partial charge in [-0.2, -0.15) is 15.6 Å². The molecule has 2 heterocycles. The zero-order chi connectivity index (χ0) is 20.4. The largest absolute Gasteiger partial charge is 0.321 e. The number of hydrogen-bond donors (Lipinski definition) is 3. The van der Waals surface area contributed by atoms with E-state index < -0.39 is 15.9 Å². The minimum Gasteiger partial charge on any atom is -0.321 e. The molecule has 1 radical (unpaired) electrons. The van der Waals surface area contributed by atoms with E-state index in [9.17, 15) is 13.2 Å². The second-order valence-corrected chi connectivity index (χ2v) is 8.33. The van der Waals surface area contributed by atoms with Gasteiger partial charge >= 0.3 is 0 Å². The lowest BCUT2D eigenvalue weighted by molar-refractivity contribution is 0.102. The Labute approximate surface area is 167 Å². The highest BCUT2D eigenvalue weighted by Gasteiger charge is 2.20. The molecule has 29 heavy (non-hydrogen) atoms. The maximum atomic E-state index is 12.7. The van der Waals surface area contributed by atoms with Crippen LogP contribution in [0.2, 0.25) is 0 Å². The third-order valence-corrected chi connectivity index (χ3v) is 6.05.